The standard InChI is InChI=1S/C18H21NO/c1-3-13-4-6-14(7-5-13)18(19-2)16-8-9-17-15(12-16)10-11-20-17/h4-9,12,18-19H,3,10-11H2,1-2H3. The fraction of sp³-hybridized carbons (Fsp3) is 0.333. The summed E-state index contributed by atoms with van der Waals surface area (Å²) in [6.45, 7) is 3.00. The van der Waals surface area contributed by atoms with E-state index < -0.39 is 0 Å². The van der Waals surface area contributed by atoms with Crippen molar-refractivity contribution in [2.75, 3.05) is 13.7 Å². The summed E-state index contributed by atoms with van der Waals surface area (Å²) in [5, 5.41) is 3.42. The minimum Gasteiger partial charge on any atom is -0.493 e. The maximum atomic E-state index is 5.58. The summed E-state index contributed by atoms with van der Waals surface area (Å²) in [5.41, 5.74) is 5.32. The van der Waals surface area contributed by atoms with Crippen molar-refractivity contribution in [2.24, 2.45) is 0 Å². The van der Waals surface area contributed by atoms with Gasteiger partial charge < -0.3 is 10.1 Å². The fourth-order valence-electron chi connectivity index (χ4n) is 2.86. The number of ether oxygens (including phenoxy) is 1. The molecule has 0 spiro atoms. The lowest BCUT2D eigenvalue weighted by atomic mass is 9.95. The molecule has 1 aliphatic heterocycles. The molecule has 0 aromatic heterocycles. The minimum absolute atomic E-state index is 0.242. The maximum Gasteiger partial charge on any atom is 0.122 e. The van der Waals surface area contributed by atoms with Crippen LogP contribution in [0.15, 0.2) is 42.5 Å². The Labute approximate surface area is 120 Å². The van der Waals surface area contributed by atoms with E-state index in [4.69, 9.17) is 4.74 Å². The van der Waals surface area contributed by atoms with Crippen LogP contribution in [-0.2, 0) is 12.8 Å². The number of aryl methyl sites for hydroxylation is 1. The minimum atomic E-state index is 0.242. The van der Waals surface area contributed by atoms with Crippen LogP contribution in [0.5, 0.6) is 5.75 Å². The molecule has 104 valence electrons. The Hall–Kier alpha value is -1.80. The third-order valence-corrected chi connectivity index (χ3v) is 4.06. The summed E-state index contributed by atoms with van der Waals surface area (Å²) in [6.07, 6.45) is 2.11. The summed E-state index contributed by atoms with van der Waals surface area (Å²) in [7, 11) is 2.02. The second kappa shape index (κ2) is 5.68. The van der Waals surface area contributed by atoms with Crippen LogP contribution in [0.3, 0.4) is 0 Å². The molecule has 0 saturated carbocycles. The largest absolute Gasteiger partial charge is 0.493 e. The first-order chi connectivity index (χ1) is 9.81. The molecule has 0 fully saturated rings. The second-order valence-electron chi connectivity index (χ2n) is 5.28. The van der Waals surface area contributed by atoms with E-state index in [1.54, 1.807) is 0 Å². The predicted octanol–water partition coefficient (Wildman–Crippen LogP) is 3.49. The molecule has 0 radical (unpaired) electrons. The van der Waals surface area contributed by atoms with Crippen molar-refractivity contribution in [3.8, 4) is 5.75 Å². The Kier molecular flexibility index (Phi) is 3.75. The van der Waals surface area contributed by atoms with Gasteiger partial charge in [-0.1, -0.05) is 43.3 Å². The van der Waals surface area contributed by atoms with Crippen molar-refractivity contribution >= 4 is 0 Å². The molecule has 1 N–H and O–H groups in total. The SMILES string of the molecule is CCc1ccc(C(NC)c2ccc3c(c2)CCO3)cc1. The Morgan fingerprint density at radius 2 is 1.85 bits per heavy atom. The molecule has 20 heavy (non-hydrogen) atoms. The van der Waals surface area contributed by atoms with Crippen molar-refractivity contribution in [3.63, 3.8) is 0 Å². The monoisotopic (exact) mass is 267 g/mol. The average Bonchev–Trinajstić information content (AvgIpc) is 2.96. The zero-order valence-electron chi connectivity index (χ0n) is 12.1. The molecule has 3 rings (SSSR count). The normalized spacial score (nSPS) is 14.7. The summed E-state index contributed by atoms with van der Waals surface area (Å²) in [4.78, 5) is 0. The topological polar surface area (TPSA) is 21.3 Å². The van der Waals surface area contributed by atoms with Gasteiger partial charge in [-0.2, -0.15) is 0 Å². The van der Waals surface area contributed by atoms with Crippen molar-refractivity contribution in [2.45, 2.75) is 25.8 Å². The first-order valence-corrected chi connectivity index (χ1v) is 7.33. The molecule has 1 aliphatic rings. The first-order valence-electron chi connectivity index (χ1n) is 7.33. The van der Waals surface area contributed by atoms with Crippen molar-refractivity contribution in [1.29, 1.82) is 0 Å². The molecule has 1 unspecified atom stereocenters. The quantitative estimate of drug-likeness (QED) is 0.915. The highest BCUT2D eigenvalue weighted by atomic mass is 16.5. The van der Waals surface area contributed by atoms with Crippen LogP contribution >= 0.6 is 0 Å². The van der Waals surface area contributed by atoms with Gasteiger partial charge in [0.05, 0.1) is 12.6 Å². The van der Waals surface area contributed by atoms with Gasteiger partial charge in [0.2, 0.25) is 0 Å². The number of nitrogens with one attached hydrogen (secondary N) is 1. The second-order valence-corrected chi connectivity index (χ2v) is 5.28. The van der Waals surface area contributed by atoms with Gasteiger partial charge >= 0.3 is 0 Å². The van der Waals surface area contributed by atoms with E-state index in [1.165, 1.54) is 22.3 Å². The van der Waals surface area contributed by atoms with Crippen molar-refractivity contribution < 1.29 is 4.74 Å². The molecule has 0 aliphatic carbocycles. The fourth-order valence-corrected chi connectivity index (χ4v) is 2.86. The number of hydrogen-bond donors (Lipinski definition) is 1. The lowest BCUT2D eigenvalue weighted by Crippen LogP contribution is -2.17. The van der Waals surface area contributed by atoms with Gasteiger partial charge in [-0.05, 0) is 41.8 Å². The van der Waals surface area contributed by atoms with E-state index in [1.807, 2.05) is 7.05 Å². The Bertz CT molecular complexity index is 589. The predicted molar refractivity (Wildman–Crippen MR) is 82.4 cm³/mol. The van der Waals surface area contributed by atoms with Crippen LogP contribution in [0, 0.1) is 0 Å². The van der Waals surface area contributed by atoms with Crippen LogP contribution in [-0.4, -0.2) is 13.7 Å². The Morgan fingerprint density at radius 3 is 2.55 bits per heavy atom. The highest BCUT2D eigenvalue weighted by molar-refractivity contribution is 5.43. The molecule has 2 heteroatoms. The Balaban J connectivity index is 1.92. The summed E-state index contributed by atoms with van der Waals surface area (Å²) < 4.78 is 5.58. The number of benzene rings is 2. The smallest absolute Gasteiger partial charge is 0.122 e. The summed E-state index contributed by atoms with van der Waals surface area (Å²) >= 11 is 0. The average molecular weight is 267 g/mol. The molecule has 1 heterocycles. The summed E-state index contributed by atoms with van der Waals surface area (Å²) in [5.74, 6) is 1.05. The molecular weight excluding hydrogens is 246 g/mol. The number of hydrogen-bond acceptors (Lipinski definition) is 2. The number of rotatable bonds is 4. The van der Waals surface area contributed by atoms with Crippen LogP contribution in [0.25, 0.3) is 0 Å². The Morgan fingerprint density at radius 1 is 1.10 bits per heavy atom. The van der Waals surface area contributed by atoms with E-state index in [0.29, 0.717) is 0 Å². The van der Waals surface area contributed by atoms with E-state index in [-0.39, 0.29) is 6.04 Å². The van der Waals surface area contributed by atoms with Crippen LogP contribution in [0.4, 0.5) is 0 Å². The zero-order chi connectivity index (χ0) is 13.9. The van der Waals surface area contributed by atoms with Crippen molar-refractivity contribution in [3.05, 3.63) is 64.7 Å². The molecule has 1 atom stereocenters. The van der Waals surface area contributed by atoms with E-state index in [9.17, 15) is 0 Å². The van der Waals surface area contributed by atoms with Gasteiger partial charge in [-0.3, -0.25) is 0 Å². The van der Waals surface area contributed by atoms with Gasteiger partial charge in [0.25, 0.3) is 0 Å². The van der Waals surface area contributed by atoms with Gasteiger partial charge in [-0.25, -0.2) is 0 Å². The van der Waals surface area contributed by atoms with E-state index >= 15 is 0 Å². The highest BCUT2D eigenvalue weighted by Crippen LogP contribution is 2.30. The van der Waals surface area contributed by atoms with Gasteiger partial charge in [0.15, 0.2) is 0 Å². The lowest BCUT2D eigenvalue weighted by molar-refractivity contribution is 0.357. The maximum absolute atomic E-state index is 5.58. The molecular formula is C18H21NO. The molecule has 2 nitrogen and oxygen atoms in total. The zero-order valence-corrected chi connectivity index (χ0v) is 12.1. The van der Waals surface area contributed by atoms with Crippen LogP contribution < -0.4 is 10.1 Å². The van der Waals surface area contributed by atoms with Gasteiger partial charge in [0.1, 0.15) is 5.75 Å². The van der Waals surface area contributed by atoms with Gasteiger partial charge in [-0.15, -0.1) is 0 Å². The van der Waals surface area contributed by atoms with Crippen LogP contribution in [0.2, 0.25) is 0 Å². The third-order valence-electron chi connectivity index (χ3n) is 4.06. The highest BCUT2D eigenvalue weighted by Gasteiger charge is 2.17. The van der Waals surface area contributed by atoms with Crippen LogP contribution in [0.1, 0.15) is 35.2 Å². The van der Waals surface area contributed by atoms with Gasteiger partial charge in [0, 0.05) is 6.42 Å². The number of fused-ring (bicyclic) bond motifs is 1. The molecule has 2 aromatic rings. The molecule has 2 aromatic carbocycles. The third kappa shape index (κ3) is 2.44. The molecule has 0 saturated heterocycles. The molecule has 0 amide bonds. The van der Waals surface area contributed by atoms with E-state index in [2.05, 4.69) is 54.7 Å². The summed E-state index contributed by atoms with van der Waals surface area (Å²) in [6, 6.07) is 15.7. The van der Waals surface area contributed by atoms with E-state index in [0.717, 1.165) is 25.2 Å². The first kappa shape index (κ1) is 13.2. The molecule has 0 bridgehead atoms. The van der Waals surface area contributed by atoms with Crippen molar-refractivity contribution in [1.82, 2.24) is 5.32 Å². The lowest BCUT2D eigenvalue weighted by Gasteiger charge is -2.18.